The molecule has 162 valence electrons. The second kappa shape index (κ2) is 6.96. The minimum Gasteiger partial charge on any atom is -0.454 e. The van der Waals surface area contributed by atoms with Crippen molar-refractivity contribution in [2.75, 3.05) is 6.61 Å². The molecule has 7 rings (SSSR count). The van der Waals surface area contributed by atoms with Gasteiger partial charge in [-0.15, -0.1) is 0 Å². The third-order valence-corrected chi connectivity index (χ3v) is 8.14. The van der Waals surface area contributed by atoms with Crippen LogP contribution in [0.3, 0.4) is 0 Å². The van der Waals surface area contributed by atoms with E-state index in [-0.39, 0.29) is 51.6 Å². The van der Waals surface area contributed by atoms with E-state index in [4.69, 9.17) is 4.74 Å². The van der Waals surface area contributed by atoms with E-state index in [0.717, 1.165) is 19.3 Å². The SMILES string of the molecule is O=C(OCC(=O)C12CC3CC(CC(C3)C1)C2)c1cccc2c1C(=O)c1ccccc1C2=O. The summed E-state index contributed by atoms with van der Waals surface area (Å²) in [5, 5.41) is 0. The van der Waals surface area contributed by atoms with Crippen molar-refractivity contribution in [3.8, 4) is 0 Å². The van der Waals surface area contributed by atoms with Crippen molar-refractivity contribution in [3.05, 3.63) is 70.3 Å². The van der Waals surface area contributed by atoms with Crippen LogP contribution >= 0.6 is 0 Å². The summed E-state index contributed by atoms with van der Waals surface area (Å²) in [6, 6.07) is 11.3. The normalized spacial score (nSPS) is 29.4. The van der Waals surface area contributed by atoms with Gasteiger partial charge in [-0.1, -0.05) is 36.4 Å². The van der Waals surface area contributed by atoms with E-state index in [1.54, 1.807) is 36.4 Å². The molecule has 0 saturated heterocycles. The first kappa shape index (κ1) is 19.6. The van der Waals surface area contributed by atoms with Crippen molar-refractivity contribution in [2.45, 2.75) is 38.5 Å². The van der Waals surface area contributed by atoms with E-state index in [0.29, 0.717) is 23.3 Å². The highest BCUT2D eigenvalue weighted by Gasteiger charge is 2.54. The summed E-state index contributed by atoms with van der Waals surface area (Å²) in [5.74, 6) is 0.537. The zero-order valence-corrected chi connectivity index (χ0v) is 17.8. The predicted octanol–water partition coefficient (Wildman–Crippen LogP) is 4.40. The summed E-state index contributed by atoms with van der Waals surface area (Å²) < 4.78 is 5.47. The van der Waals surface area contributed by atoms with Crippen molar-refractivity contribution in [1.82, 2.24) is 0 Å². The summed E-state index contributed by atoms with van der Waals surface area (Å²) in [7, 11) is 0. The first-order chi connectivity index (χ1) is 15.4. The number of benzene rings is 2. The van der Waals surface area contributed by atoms with Crippen molar-refractivity contribution in [3.63, 3.8) is 0 Å². The number of carbonyl (C=O) groups excluding carboxylic acids is 4. The Balaban J connectivity index is 1.24. The van der Waals surface area contributed by atoms with Crippen LogP contribution in [0.4, 0.5) is 0 Å². The zero-order chi connectivity index (χ0) is 22.0. The van der Waals surface area contributed by atoms with Crippen LogP contribution in [-0.4, -0.2) is 29.9 Å². The Labute approximate surface area is 186 Å². The standard InChI is InChI=1S/C27H24O5/c28-22(27-11-15-8-16(12-27)10-17(9-15)13-27)14-32-26(31)21-7-3-6-20-23(21)25(30)19-5-2-1-4-18(19)24(20)29/h1-7,15-17H,8-14H2. The predicted molar refractivity (Wildman–Crippen MR) is 116 cm³/mol. The highest BCUT2D eigenvalue weighted by atomic mass is 16.5. The highest BCUT2D eigenvalue weighted by Crippen LogP contribution is 2.60. The van der Waals surface area contributed by atoms with E-state index >= 15 is 0 Å². The Morgan fingerprint density at radius 1 is 0.781 bits per heavy atom. The van der Waals surface area contributed by atoms with Gasteiger partial charge in [0.1, 0.15) is 0 Å². The molecule has 0 unspecified atom stereocenters. The third kappa shape index (κ3) is 2.83. The fourth-order valence-electron chi connectivity index (χ4n) is 7.13. The average molecular weight is 428 g/mol. The largest absolute Gasteiger partial charge is 0.454 e. The molecule has 0 amide bonds. The molecule has 0 aliphatic heterocycles. The van der Waals surface area contributed by atoms with Crippen LogP contribution in [0.2, 0.25) is 0 Å². The van der Waals surface area contributed by atoms with E-state index in [1.807, 2.05) is 0 Å². The van der Waals surface area contributed by atoms with Gasteiger partial charge in [0.25, 0.3) is 0 Å². The lowest BCUT2D eigenvalue weighted by Crippen LogP contribution is -2.51. The Bertz CT molecular complexity index is 1150. The maximum absolute atomic E-state index is 13.2. The number of carbonyl (C=O) groups is 4. The van der Waals surface area contributed by atoms with Gasteiger partial charge in [0.05, 0.1) is 5.56 Å². The molecule has 4 fully saturated rings. The lowest BCUT2D eigenvalue weighted by molar-refractivity contribution is -0.147. The van der Waals surface area contributed by atoms with E-state index in [9.17, 15) is 19.2 Å². The quantitative estimate of drug-likeness (QED) is 0.576. The molecule has 0 heterocycles. The fourth-order valence-corrected chi connectivity index (χ4v) is 7.13. The number of esters is 1. The molecule has 0 atom stereocenters. The van der Waals surface area contributed by atoms with E-state index in [1.165, 1.54) is 25.3 Å². The van der Waals surface area contributed by atoms with Gasteiger partial charge in [-0.05, 0) is 62.3 Å². The average Bonchev–Trinajstić information content (AvgIpc) is 2.79. The second-order valence-electron chi connectivity index (χ2n) is 10.1. The molecule has 0 N–H and O–H groups in total. The van der Waals surface area contributed by atoms with Gasteiger partial charge < -0.3 is 4.74 Å². The molecule has 0 radical (unpaired) electrons. The van der Waals surface area contributed by atoms with Crippen LogP contribution in [0.5, 0.6) is 0 Å². The van der Waals surface area contributed by atoms with Crippen LogP contribution in [-0.2, 0) is 9.53 Å². The number of ether oxygens (including phenoxy) is 1. The van der Waals surface area contributed by atoms with Crippen LogP contribution in [0.15, 0.2) is 42.5 Å². The number of Topliss-reactive ketones (excluding diaryl/α,β-unsaturated/α-hetero) is 1. The van der Waals surface area contributed by atoms with Crippen LogP contribution in [0.1, 0.15) is 80.7 Å². The number of hydrogen-bond acceptors (Lipinski definition) is 5. The molecule has 32 heavy (non-hydrogen) atoms. The lowest BCUT2D eigenvalue weighted by Gasteiger charge is -2.55. The first-order valence-electron chi connectivity index (χ1n) is 11.5. The number of fused-ring (bicyclic) bond motifs is 2. The van der Waals surface area contributed by atoms with Gasteiger partial charge in [-0.25, -0.2) is 4.79 Å². The molecular formula is C27H24O5. The number of hydrogen-bond donors (Lipinski definition) is 0. The van der Waals surface area contributed by atoms with Crippen LogP contribution in [0, 0.1) is 23.2 Å². The second-order valence-corrected chi connectivity index (χ2v) is 10.1. The van der Waals surface area contributed by atoms with Gasteiger partial charge in [0, 0.05) is 27.7 Å². The topological polar surface area (TPSA) is 77.5 Å². The minimum absolute atomic E-state index is 0.0162. The Hall–Kier alpha value is -3.08. The number of ketones is 3. The highest BCUT2D eigenvalue weighted by molar-refractivity contribution is 6.30. The summed E-state index contributed by atoms with van der Waals surface area (Å²) in [6.45, 7) is -0.270. The maximum Gasteiger partial charge on any atom is 0.339 e. The molecular weight excluding hydrogens is 404 g/mol. The van der Waals surface area contributed by atoms with Gasteiger partial charge in [-0.3, -0.25) is 14.4 Å². The van der Waals surface area contributed by atoms with Gasteiger partial charge in [0.15, 0.2) is 24.0 Å². The monoisotopic (exact) mass is 428 g/mol. The molecule has 2 aromatic rings. The molecule has 0 spiro atoms. The third-order valence-electron chi connectivity index (χ3n) is 8.14. The van der Waals surface area contributed by atoms with Crippen molar-refractivity contribution < 1.29 is 23.9 Å². The zero-order valence-electron chi connectivity index (χ0n) is 17.8. The molecule has 5 heteroatoms. The summed E-state index contributed by atoms with van der Waals surface area (Å²) in [4.78, 5) is 52.2. The lowest BCUT2D eigenvalue weighted by atomic mass is 9.48. The van der Waals surface area contributed by atoms with E-state index < -0.39 is 5.97 Å². The van der Waals surface area contributed by atoms with Crippen molar-refractivity contribution in [2.24, 2.45) is 23.2 Å². The summed E-state index contributed by atoms with van der Waals surface area (Å²) in [5.41, 5.74) is 0.616. The minimum atomic E-state index is -0.722. The van der Waals surface area contributed by atoms with Crippen molar-refractivity contribution >= 4 is 23.3 Å². The molecule has 5 aliphatic rings. The molecule has 5 nitrogen and oxygen atoms in total. The molecule has 5 aliphatic carbocycles. The van der Waals surface area contributed by atoms with Crippen LogP contribution < -0.4 is 0 Å². The molecule has 0 aromatic heterocycles. The van der Waals surface area contributed by atoms with Gasteiger partial charge in [0.2, 0.25) is 0 Å². The Kier molecular flexibility index (Phi) is 4.26. The number of rotatable bonds is 4. The van der Waals surface area contributed by atoms with Gasteiger partial charge >= 0.3 is 5.97 Å². The maximum atomic E-state index is 13.2. The Morgan fingerprint density at radius 2 is 1.34 bits per heavy atom. The van der Waals surface area contributed by atoms with Gasteiger partial charge in [-0.2, -0.15) is 0 Å². The first-order valence-corrected chi connectivity index (χ1v) is 11.5. The Morgan fingerprint density at radius 3 is 1.97 bits per heavy atom. The molecule has 2 aromatic carbocycles. The van der Waals surface area contributed by atoms with Crippen LogP contribution in [0.25, 0.3) is 0 Å². The van der Waals surface area contributed by atoms with Crippen molar-refractivity contribution in [1.29, 1.82) is 0 Å². The molecule has 4 bridgehead atoms. The summed E-state index contributed by atoms with van der Waals surface area (Å²) >= 11 is 0. The summed E-state index contributed by atoms with van der Waals surface area (Å²) in [6.07, 6.45) is 6.46. The smallest absolute Gasteiger partial charge is 0.339 e. The fraction of sp³-hybridized carbons (Fsp3) is 0.407. The van der Waals surface area contributed by atoms with E-state index in [2.05, 4.69) is 0 Å². The molecule has 4 saturated carbocycles.